The van der Waals surface area contributed by atoms with Gasteiger partial charge in [-0.25, -0.2) is 0 Å². The third-order valence-corrected chi connectivity index (χ3v) is 3.23. The highest BCUT2D eigenvalue weighted by molar-refractivity contribution is 9.09. The van der Waals surface area contributed by atoms with Crippen molar-refractivity contribution in [3.05, 3.63) is 0 Å². The van der Waals surface area contributed by atoms with E-state index in [0.717, 1.165) is 25.7 Å². The van der Waals surface area contributed by atoms with Gasteiger partial charge in [0.25, 0.3) is 0 Å². The van der Waals surface area contributed by atoms with Crippen molar-refractivity contribution >= 4 is 27.9 Å². The standard InChI is InChI=1S/C12H19BrO4/c1-8(2)12(15)17-10-6-4-3-5-9(10)16-11(14)7-13/h8-10H,3-7H2,1-2H3/t9-,10+/m1/s1. The number of alkyl halides is 1. The molecule has 0 saturated heterocycles. The van der Waals surface area contributed by atoms with Gasteiger partial charge >= 0.3 is 11.9 Å². The Morgan fingerprint density at radius 2 is 1.71 bits per heavy atom. The average molecular weight is 307 g/mol. The van der Waals surface area contributed by atoms with Gasteiger partial charge in [0.2, 0.25) is 0 Å². The SMILES string of the molecule is CC(C)C(=O)O[C@H]1CCCC[C@H]1OC(=O)CBr. The van der Waals surface area contributed by atoms with E-state index < -0.39 is 0 Å². The normalized spacial score (nSPS) is 24.5. The van der Waals surface area contributed by atoms with Gasteiger partial charge in [0.15, 0.2) is 0 Å². The van der Waals surface area contributed by atoms with Crippen molar-refractivity contribution in [2.75, 3.05) is 5.33 Å². The van der Waals surface area contributed by atoms with Crippen molar-refractivity contribution in [3.8, 4) is 0 Å². The van der Waals surface area contributed by atoms with E-state index in [9.17, 15) is 9.59 Å². The van der Waals surface area contributed by atoms with Crippen LogP contribution in [0.3, 0.4) is 0 Å². The van der Waals surface area contributed by atoms with E-state index in [2.05, 4.69) is 15.9 Å². The first-order chi connectivity index (χ1) is 8.04. The topological polar surface area (TPSA) is 52.6 Å². The number of halogens is 1. The number of carbonyl (C=O) groups is 2. The van der Waals surface area contributed by atoms with Crippen LogP contribution in [0.1, 0.15) is 39.5 Å². The second-order valence-corrected chi connectivity index (χ2v) is 5.14. The van der Waals surface area contributed by atoms with Crippen LogP contribution in [-0.2, 0) is 19.1 Å². The molecule has 1 aliphatic carbocycles. The van der Waals surface area contributed by atoms with Crippen LogP contribution in [0, 0.1) is 5.92 Å². The zero-order chi connectivity index (χ0) is 12.8. The van der Waals surface area contributed by atoms with E-state index in [0.29, 0.717) is 0 Å². The summed E-state index contributed by atoms with van der Waals surface area (Å²) in [6.45, 7) is 3.59. The van der Waals surface area contributed by atoms with E-state index in [4.69, 9.17) is 9.47 Å². The molecule has 0 aromatic rings. The Kier molecular flexibility index (Phi) is 5.95. The van der Waals surface area contributed by atoms with Crippen LogP contribution in [-0.4, -0.2) is 29.5 Å². The summed E-state index contributed by atoms with van der Waals surface area (Å²) in [5, 5.41) is 0.175. The highest BCUT2D eigenvalue weighted by Gasteiger charge is 2.31. The number of ether oxygens (including phenoxy) is 2. The first kappa shape index (κ1) is 14.5. The lowest BCUT2D eigenvalue weighted by atomic mass is 9.94. The van der Waals surface area contributed by atoms with Crippen LogP contribution in [0.15, 0.2) is 0 Å². The zero-order valence-electron chi connectivity index (χ0n) is 10.3. The van der Waals surface area contributed by atoms with Gasteiger partial charge < -0.3 is 9.47 Å². The van der Waals surface area contributed by atoms with Gasteiger partial charge in [-0.05, 0) is 25.7 Å². The Morgan fingerprint density at radius 3 is 2.18 bits per heavy atom. The van der Waals surface area contributed by atoms with Crippen molar-refractivity contribution in [2.24, 2.45) is 5.92 Å². The number of hydrogen-bond acceptors (Lipinski definition) is 4. The minimum atomic E-state index is -0.303. The summed E-state index contributed by atoms with van der Waals surface area (Å²) in [6.07, 6.45) is 3.01. The molecule has 0 amide bonds. The van der Waals surface area contributed by atoms with Crippen LogP contribution in [0.2, 0.25) is 0 Å². The third-order valence-electron chi connectivity index (χ3n) is 2.77. The smallest absolute Gasteiger partial charge is 0.316 e. The van der Waals surface area contributed by atoms with Crippen molar-refractivity contribution < 1.29 is 19.1 Å². The quantitative estimate of drug-likeness (QED) is 0.591. The third kappa shape index (κ3) is 4.66. The monoisotopic (exact) mass is 306 g/mol. The van der Waals surface area contributed by atoms with Crippen molar-refractivity contribution in [1.82, 2.24) is 0 Å². The summed E-state index contributed by atoms with van der Waals surface area (Å²) in [7, 11) is 0. The van der Waals surface area contributed by atoms with E-state index in [1.165, 1.54) is 0 Å². The van der Waals surface area contributed by atoms with Crippen molar-refractivity contribution in [3.63, 3.8) is 0 Å². The maximum atomic E-state index is 11.5. The molecule has 2 atom stereocenters. The van der Waals surface area contributed by atoms with Crippen molar-refractivity contribution in [2.45, 2.75) is 51.7 Å². The average Bonchev–Trinajstić information content (AvgIpc) is 2.31. The van der Waals surface area contributed by atoms with Crippen LogP contribution in [0.5, 0.6) is 0 Å². The Labute approximate surface area is 110 Å². The molecule has 0 aromatic carbocycles. The van der Waals surface area contributed by atoms with Crippen molar-refractivity contribution in [1.29, 1.82) is 0 Å². The maximum Gasteiger partial charge on any atom is 0.316 e. The molecule has 0 bridgehead atoms. The molecule has 0 heterocycles. The second-order valence-electron chi connectivity index (χ2n) is 4.58. The molecule has 0 aliphatic heterocycles. The van der Waals surface area contributed by atoms with Gasteiger partial charge in [-0.15, -0.1) is 0 Å². The molecule has 0 unspecified atom stereocenters. The minimum Gasteiger partial charge on any atom is -0.458 e. The lowest BCUT2D eigenvalue weighted by Crippen LogP contribution is -2.38. The molecule has 0 radical (unpaired) electrons. The Bertz CT molecular complexity index is 278. The van der Waals surface area contributed by atoms with Gasteiger partial charge in [-0.2, -0.15) is 0 Å². The van der Waals surface area contributed by atoms with Gasteiger partial charge in [0.1, 0.15) is 17.5 Å². The van der Waals surface area contributed by atoms with Gasteiger partial charge in [-0.1, -0.05) is 29.8 Å². The second kappa shape index (κ2) is 6.99. The largest absolute Gasteiger partial charge is 0.458 e. The predicted molar refractivity (Wildman–Crippen MR) is 66.9 cm³/mol. The van der Waals surface area contributed by atoms with E-state index >= 15 is 0 Å². The fourth-order valence-electron chi connectivity index (χ4n) is 1.82. The molecular weight excluding hydrogens is 288 g/mol. The summed E-state index contributed by atoms with van der Waals surface area (Å²) in [5.41, 5.74) is 0. The molecule has 98 valence electrons. The molecular formula is C12H19BrO4. The molecule has 0 N–H and O–H groups in total. The Morgan fingerprint density at radius 1 is 1.18 bits per heavy atom. The summed E-state index contributed by atoms with van der Waals surface area (Å²) in [5.74, 6) is -0.677. The summed E-state index contributed by atoms with van der Waals surface area (Å²) < 4.78 is 10.6. The lowest BCUT2D eigenvalue weighted by Gasteiger charge is -2.31. The molecule has 1 rings (SSSR count). The van der Waals surface area contributed by atoms with Crippen LogP contribution in [0.25, 0.3) is 0 Å². The number of esters is 2. The molecule has 1 aliphatic rings. The summed E-state index contributed by atoms with van der Waals surface area (Å²) in [6, 6.07) is 0. The first-order valence-corrected chi connectivity index (χ1v) is 7.12. The van der Waals surface area contributed by atoms with Gasteiger partial charge in [0.05, 0.1) is 5.92 Å². The van der Waals surface area contributed by atoms with Gasteiger partial charge in [-0.3, -0.25) is 9.59 Å². The Balaban J connectivity index is 2.53. The summed E-state index contributed by atoms with van der Waals surface area (Å²) in [4.78, 5) is 22.8. The van der Waals surface area contributed by atoms with E-state index in [1.54, 1.807) is 13.8 Å². The van der Waals surface area contributed by atoms with E-state index in [-0.39, 0.29) is 35.4 Å². The first-order valence-electron chi connectivity index (χ1n) is 6.00. The summed E-state index contributed by atoms with van der Waals surface area (Å²) >= 11 is 3.05. The molecule has 4 nitrogen and oxygen atoms in total. The fourth-order valence-corrected chi connectivity index (χ4v) is 1.95. The number of carbonyl (C=O) groups excluding carboxylic acids is 2. The molecule has 1 saturated carbocycles. The fraction of sp³-hybridized carbons (Fsp3) is 0.833. The Hall–Kier alpha value is -0.580. The van der Waals surface area contributed by atoms with E-state index in [1.807, 2.05) is 0 Å². The number of hydrogen-bond donors (Lipinski definition) is 0. The van der Waals surface area contributed by atoms with Crippen LogP contribution >= 0.6 is 15.9 Å². The number of rotatable bonds is 4. The molecule has 17 heavy (non-hydrogen) atoms. The van der Waals surface area contributed by atoms with Gasteiger partial charge in [0, 0.05) is 0 Å². The lowest BCUT2D eigenvalue weighted by molar-refractivity contribution is -0.172. The molecule has 0 aromatic heterocycles. The zero-order valence-corrected chi connectivity index (χ0v) is 11.9. The molecule has 5 heteroatoms. The highest BCUT2D eigenvalue weighted by atomic mass is 79.9. The predicted octanol–water partition coefficient (Wildman–Crippen LogP) is 2.43. The van der Waals surface area contributed by atoms with Crippen LogP contribution in [0.4, 0.5) is 0 Å². The van der Waals surface area contributed by atoms with Crippen LogP contribution < -0.4 is 0 Å². The maximum absolute atomic E-state index is 11.5. The highest BCUT2D eigenvalue weighted by Crippen LogP contribution is 2.25. The molecule has 0 spiro atoms. The minimum absolute atomic E-state index is 0.149. The molecule has 1 fully saturated rings.